The van der Waals surface area contributed by atoms with Crippen LogP contribution in [0, 0.1) is 6.92 Å². The van der Waals surface area contributed by atoms with Crippen LogP contribution in [0.4, 0.5) is 5.69 Å². The highest BCUT2D eigenvalue weighted by atomic mass is 16.5. The maximum Gasteiger partial charge on any atom is 0.235 e. The van der Waals surface area contributed by atoms with Crippen molar-refractivity contribution < 1.29 is 9.53 Å². The van der Waals surface area contributed by atoms with E-state index in [1.165, 1.54) is 5.56 Å². The molecule has 1 saturated heterocycles. The number of anilines is 1. The minimum atomic E-state index is -0.518. The topological polar surface area (TPSA) is 38.3 Å². The number of para-hydroxylation sites is 1. The SMILES string of the molecule is Cc1cccc(C(C)C)c1NC(=O)C1(c2ccccc2)CCOCC1. The van der Waals surface area contributed by atoms with Gasteiger partial charge in [0.05, 0.1) is 5.41 Å². The van der Waals surface area contributed by atoms with Crippen LogP contribution in [0.2, 0.25) is 0 Å². The molecule has 0 bridgehead atoms. The van der Waals surface area contributed by atoms with Crippen LogP contribution in [0.5, 0.6) is 0 Å². The Morgan fingerprint density at radius 3 is 2.36 bits per heavy atom. The Morgan fingerprint density at radius 1 is 1.04 bits per heavy atom. The van der Waals surface area contributed by atoms with Gasteiger partial charge in [-0.2, -0.15) is 0 Å². The number of hydrogen-bond acceptors (Lipinski definition) is 2. The molecule has 3 heteroatoms. The maximum atomic E-state index is 13.5. The van der Waals surface area contributed by atoms with E-state index >= 15 is 0 Å². The second-order valence-corrected chi connectivity index (χ2v) is 7.21. The van der Waals surface area contributed by atoms with Crippen LogP contribution < -0.4 is 5.32 Å². The van der Waals surface area contributed by atoms with Gasteiger partial charge in [-0.25, -0.2) is 0 Å². The van der Waals surface area contributed by atoms with Crippen LogP contribution in [0.3, 0.4) is 0 Å². The Balaban J connectivity index is 1.98. The van der Waals surface area contributed by atoms with E-state index in [9.17, 15) is 4.79 Å². The number of nitrogens with one attached hydrogen (secondary N) is 1. The van der Waals surface area contributed by atoms with E-state index in [1.54, 1.807) is 0 Å². The van der Waals surface area contributed by atoms with Crippen LogP contribution in [0.25, 0.3) is 0 Å². The van der Waals surface area contributed by atoms with Crippen molar-refractivity contribution in [3.8, 4) is 0 Å². The molecule has 0 aromatic heterocycles. The molecule has 25 heavy (non-hydrogen) atoms. The largest absolute Gasteiger partial charge is 0.381 e. The van der Waals surface area contributed by atoms with E-state index in [0.717, 1.165) is 16.8 Å². The number of carbonyl (C=O) groups is 1. The van der Waals surface area contributed by atoms with Crippen molar-refractivity contribution >= 4 is 11.6 Å². The summed E-state index contributed by atoms with van der Waals surface area (Å²) in [5.41, 5.74) is 3.81. The number of benzene rings is 2. The van der Waals surface area contributed by atoms with E-state index < -0.39 is 5.41 Å². The summed E-state index contributed by atoms with van der Waals surface area (Å²) in [4.78, 5) is 13.5. The van der Waals surface area contributed by atoms with Crippen molar-refractivity contribution in [2.24, 2.45) is 0 Å². The minimum absolute atomic E-state index is 0.0817. The van der Waals surface area contributed by atoms with Crippen molar-refractivity contribution in [1.29, 1.82) is 0 Å². The first-order chi connectivity index (χ1) is 12.0. The van der Waals surface area contributed by atoms with Gasteiger partial charge in [-0.05, 0) is 42.4 Å². The molecule has 0 unspecified atom stereocenters. The van der Waals surface area contributed by atoms with Gasteiger partial charge >= 0.3 is 0 Å². The molecule has 1 N–H and O–H groups in total. The summed E-state index contributed by atoms with van der Waals surface area (Å²) < 4.78 is 5.55. The first-order valence-corrected chi connectivity index (χ1v) is 9.09. The number of amides is 1. The number of rotatable bonds is 4. The maximum absolute atomic E-state index is 13.5. The van der Waals surface area contributed by atoms with Crippen LogP contribution in [0.1, 0.15) is 49.3 Å². The molecule has 132 valence electrons. The summed E-state index contributed by atoms with van der Waals surface area (Å²) in [6, 6.07) is 16.3. The molecule has 2 aromatic rings. The highest BCUT2D eigenvalue weighted by Gasteiger charge is 2.42. The zero-order valence-electron chi connectivity index (χ0n) is 15.3. The lowest BCUT2D eigenvalue weighted by Gasteiger charge is -2.36. The quantitative estimate of drug-likeness (QED) is 0.870. The number of hydrogen-bond donors (Lipinski definition) is 1. The van der Waals surface area contributed by atoms with Crippen LogP contribution >= 0.6 is 0 Å². The number of carbonyl (C=O) groups excluding carboxylic acids is 1. The molecule has 0 radical (unpaired) electrons. The summed E-state index contributed by atoms with van der Waals surface area (Å²) in [7, 11) is 0. The summed E-state index contributed by atoms with van der Waals surface area (Å²) in [5.74, 6) is 0.441. The fraction of sp³-hybridized carbons (Fsp3) is 0.409. The molecule has 1 aliphatic heterocycles. The minimum Gasteiger partial charge on any atom is -0.381 e. The molecule has 1 amide bonds. The molecule has 0 aliphatic carbocycles. The van der Waals surface area contributed by atoms with Gasteiger partial charge in [0, 0.05) is 18.9 Å². The first-order valence-electron chi connectivity index (χ1n) is 9.09. The molecule has 3 nitrogen and oxygen atoms in total. The standard InChI is InChI=1S/C22H27NO2/c1-16(2)19-11-7-8-17(3)20(19)23-21(24)22(12-14-25-15-13-22)18-9-5-4-6-10-18/h4-11,16H,12-15H2,1-3H3,(H,23,24). The van der Waals surface area contributed by atoms with E-state index in [4.69, 9.17) is 4.74 Å². The molecule has 0 atom stereocenters. The smallest absolute Gasteiger partial charge is 0.235 e. The normalized spacial score (nSPS) is 16.6. The molecule has 3 rings (SSSR count). The van der Waals surface area contributed by atoms with E-state index in [-0.39, 0.29) is 5.91 Å². The lowest BCUT2D eigenvalue weighted by atomic mass is 9.73. The molecule has 0 saturated carbocycles. The van der Waals surface area contributed by atoms with Gasteiger partial charge < -0.3 is 10.1 Å². The average Bonchev–Trinajstić information content (AvgIpc) is 2.64. The Hall–Kier alpha value is -2.13. The van der Waals surface area contributed by atoms with Gasteiger partial charge in [0.25, 0.3) is 0 Å². The van der Waals surface area contributed by atoms with Gasteiger partial charge in [-0.1, -0.05) is 62.4 Å². The molecule has 2 aromatic carbocycles. The highest BCUT2D eigenvalue weighted by molar-refractivity contribution is 6.00. The predicted molar refractivity (Wildman–Crippen MR) is 102 cm³/mol. The summed E-state index contributed by atoms with van der Waals surface area (Å²) >= 11 is 0. The molecule has 1 fully saturated rings. The van der Waals surface area contributed by atoms with Crippen molar-refractivity contribution in [3.63, 3.8) is 0 Å². The van der Waals surface area contributed by atoms with Gasteiger partial charge in [0.2, 0.25) is 5.91 Å². The van der Waals surface area contributed by atoms with Crippen molar-refractivity contribution in [1.82, 2.24) is 0 Å². The van der Waals surface area contributed by atoms with E-state index in [0.29, 0.717) is 32.0 Å². The van der Waals surface area contributed by atoms with Gasteiger partial charge in [-0.3, -0.25) is 4.79 Å². The third-order valence-corrected chi connectivity index (χ3v) is 5.27. The lowest BCUT2D eigenvalue weighted by Crippen LogP contribution is -2.45. The molecule has 1 heterocycles. The zero-order chi connectivity index (χ0) is 17.9. The predicted octanol–water partition coefficient (Wildman–Crippen LogP) is 4.81. The summed E-state index contributed by atoms with van der Waals surface area (Å²) in [6.45, 7) is 7.61. The van der Waals surface area contributed by atoms with Crippen molar-refractivity contribution in [3.05, 3.63) is 65.2 Å². The van der Waals surface area contributed by atoms with Gasteiger partial charge in [0.15, 0.2) is 0 Å². The van der Waals surface area contributed by atoms with Crippen LogP contribution in [-0.2, 0) is 14.9 Å². The number of ether oxygens (including phenoxy) is 1. The van der Waals surface area contributed by atoms with E-state index in [2.05, 4.69) is 56.4 Å². The monoisotopic (exact) mass is 337 g/mol. The Morgan fingerprint density at radius 2 is 1.72 bits per heavy atom. The molecule has 0 spiro atoms. The van der Waals surface area contributed by atoms with Gasteiger partial charge in [0.1, 0.15) is 0 Å². The second-order valence-electron chi connectivity index (χ2n) is 7.21. The van der Waals surface area contributed by atoms with Crippen LogP contribution in [0.15, 0.2) is 48.5 Å². The highest BCUT2D eigenvalue weighted by Crippen LogP contribution is 2.37. The fourth-order valence-corrected chi connectivity index (χ4v) is 3.70. The van der Waals surface area contributed by atoms with Crippen LogP contribution in [-0.4, -0.2) is 19.1 Å². The average molecular weight is 337 g/mol. The summed E-state index contributed by atoms with van der Waals surface area (Å²) in [6.07, 6.45) is 1.43. The van der Waals surface area contributed by atoms with Crippen molar-refractivity contribution in [2.75, 3.05) is 18.5 Å². The fourth-order valence-electron chi connectivity index (χ4n) is 3.70. The summed E-state index contributed by atoms with van der Waals surface area (Å²) in [5, 5.41) is 3.27. The lowest BCUT2D eigenvalue weighted by molar-refractivity contribution is -0.125. The Labute approximate surface area is 150 Å². The number of aryl methyl sites for hydroxylation is 1. The second kappa shape index (κ2) is 7.40. The Kier molecular flexibility index (Phi) is 5.24. The molecular formula is C22H27NO2. The van der Waals surface area contributed by atoms with E-state index in [1.807, 2.05) is 18.2 Å². The first kappa shape index (κ1) is 17.7. The van der Waals surface area contributed by atoms with Crippen molar-refractivity contribution in [2.45, 2.75) is 44.9 Å². The Bertz CT molecular complexity index is 731. The third-order valence-electron chi connectivity index (χ3n) is 5.27. The third kappa shape index (κ3) is 3.47. The zero-order valence-corrected chi connectivity index (χ0v) is 15.3. The molecular weight excluding hydrogens is 310 g/mol. The molecule has 1 aliphatic rings. The van der Waals surface area contributed by atoms with Gasteiger partial charge in [-0.15, -0.1) is 0 Å².